The third-order valence-electron chi connectivity index (χ3n) is 4.78. The van der Waals surface area contributed by atoms with Crippen LogP contribution in [-0.4, -0.2) is 43.5 Å². The number of para-hydroxylation sites is 1. The second-order valence-corrected chi connectivity index (χ2v) is 6.98. The van der Waals surface area contributed by atoms with E-state index in [-0.39, 0.29) is 24.4 Å². The number of rotatable bonds is 8. The van der Waals surface area contributed by atoms with Gasteiger partial charge in [0.15, 0.2) is 0 Å². The average Bonchev–Trinajstić information content (AvgIpc) is 2.68. The molecule has 0 aliphatic carbocycles. The van der Waals surface area contributed by atoms with Gasteiger partial charge in [-0.3, -0.25) is 14.5 Å². The number of nitrogens with one attached hydrogen (secondary N) is 2. The van der Waals surface area contributed by atoms with E-state index in [1.165, 1.54) is 0 Å². The first kappa shape index (κ1) is 21.4. The number of likely N-dealkylation sites (N-methyl/N-ethyl adjacent to an activating group) is 1. The number of methoxy groups -OCH3 is 1. The Hall–Kier alpha value is -2.86. The van der Waals surface area contributed by atoms with Crippen LogP contribution in [-0.2, 0) is 16.1 Å². The first-order valence-electron chi connectivity index (χ1n) is 9.28. The normalized spacial score (nSPS) is 11.8. The van der Waals surface area contributed by atoms with E-state index in [0.717, 1.165) is 28.1 Å². The monoisotopic (exact) mass is 383 g/mol. The lowest BCUT2D eigenvalue weighted by molar-refractivity contribution is -0.127. The van der Waals surface area contributed by atoms with Crippen LogP contribution in [0.1, 0.15) is 23.6 Å². The summed E-state index contributed by atoms with van der Waals surface area (Å²) in [5.41, 5.74) is 3.83. The van der Waals surface area contributed by atoms with E-state index in [1.807, 2.05) is 75.2 Å². The minimum Gasteiger partial charge on any atom is -0.497 e. The van der Waals surface area contributed by atoms with E-state index in [4.69, 9.17) is 4.74 Å². The molecule has 2 N–H and O–H groups in total. The molecule has 0 heterocycles. The zero-order valence-electron chi connectivity index (χ0n) is 17.2. The van der Waals surface area contributed by atoms with Crippen LogP contribution < -0.4 is 15.4 Å². The van der Waals surface area contributed by atoms with Crippen molar-refractivity contribution in [1.29, 1.82) is 0 Å². The highest BCUT2D eigenvalue weighted by Crippen LogP contribution is 2.19. The van der Waals surface area contributed by atoms with Gasteiger partial charge < -0.3 is 15.4 Å². The van der Waals surface area contributed by atoms with Crippen molar-refractivity contribution in [1.82, 2.24) is 10.2 Å². The first-order chi connectivity index (χ1) is 13.3. The van der Waals surface area contributed by atoms with E-state index in [0.29, 0.717) is 6.54 Å². The Bertz CT molecular complexity index is 815. The van der Waals surface area contributed by atoms with E-state index in [1.54, 1.807) is 7.11 Å². The fraction of sp³-hybridized carbons (Fsp3) is 0.364. The molecule has 0 saturated carbocycles. The molecule has 0 spiro atoms. The lowest BCUT2D eigenvalue weighted by Crippen LogP contribution is -2.45. The molecule has 150 valence electrons. The molecule has 0 aromatic heterocycles. The van der Waals surface area contributed by atoms with Crippen molar-refractivity contribution in [3.8, 4) is 5.75 Å². The highest BCUT2D eigenvalue weighted by Gasteiger charge is 2.19. The predicted octanol–water partition coefficient (Wildman–Crippen LogP) is 2.89. The molecule has 2 aromatic rings. The summed E-state index contributed by atoms with van der Waals surface area (Å²) in [6.45, 7) is 6.23. The maximum absolute atomic E-state index is 12.4. The fourth-order valence-electron chi connectivity index (χ4n) is 2.91. The zero-order valence-corrected chi connectivity index (χ0v) is 17.2. The van der Waals surface area contributed by atoms with Gasteiger partial charge in [-0.2, -0.15) is 0 Å². The number of hydrogen-bond donors (Lipinski definition) is 2. The number of amides is 2. The largest absolute Gasteiger partial charge is 0.497 e. The van der Waals surface area contributed by atoms with Crippen molar-refractivity contribution in [3.05, 3.63) is 59.2 Å². The molecule has 0 fully saturated rings. The van der Waals surface area contributed by atoms with Gasteiger partial charge in [0.05, 0.1) is 19.7 Å². The predicted molar refractivity (Wildman–Crippen MR) is 111 cm³/mol. The molecule has 1 atom stereocenters. The van der Waals surface area contributed by atoms with Crippen molar-refractivity contribution in [3.63, 3.8) is 0 Å². The van der Waals surface area contributed by atoms with Crippen LogP contribution in [0.5, 0.6) is 5.75 Å². The Labute approximate surface area is 166 Å². The van der Waals surface area contributed by atoms with Crippen molar-refractivity contribution >= 4 is 17.5 Å². The Morgan fingerprint density at radius 3 is 2.39 bits per heavy atom. The standard InChI is InChI=1S/C22H29N3O3/c1-15-8-6-9-16(2)21(15)24-20(26)13-23-22(27)17(3)25(4)14-18-10-7-11-19(12-18)28-5/h6-12,17H,13-14H2,1-5H3,(H,23,27)(H,24,26)/t17-/m1/s1. The highest BCUT2D eigenvalue weighted by molar-refractivity contribution is 5.96. The molecule has 0 aliphatic heterocycles. The molecule has 0 saturated heterocycles. The third kappa shape index (κ3) is 5.82. The van der Waals surface area contributed by atoms with Gasteiger partial charge in [0.25, 0.3) is 0 Å². The summed E-state index contributed by atoms with van der Waals surface area (Å²) < 4.78 is 5.23. The van der Waals surface area contributed by atoms with Gasteiger partial charge in [0.1, 0.15) is 5.75 Å². The molecule has 6 nitrogen and oxygen atoms in total. The van der Waals surface area contributed by atoms with Crippen LogP contribution in [0.2, 0.25) is 0 Å². The number of nitrogens with zero attached hydrogens (tertiary/aromatic N) is 1. The summed E-state index contributed by atoms with van der Waals surface area (Å²) in [6, 6.07) is 13.2. The van der Waals surface area contributed by atoms with Crippen molar-refractivity contribution in [2.24, 2.45) is 0 Å². The Morgan fingerprint density at radius 2 is 1.75 bits per heavy atom. The van der Waals surface area contributed by atoms with Crippen molar-refractivity contribution in [2.45, 2.75) is 33.4 Å². The molecule has 0 aliphatic rings. The van der Waals surface area contributed by atoms with Crippen LogP contribution in [0, 0.1) is 13.8 Å². The van der Waals surface area contributed by atoms with E-state index < -0.39 is 0 Å². The summed E-state index contributed by atoms with van der Waals surface area (Å²) in [5, 5.41) is 5.59. The third-order valence-corrected chi connectivity index (χ3v) is 4.78. The van der Waals surface area contributed by atoms with Crippen LogP contribution in [0.4, 0.5) is 5.69 Å². The molecular formula is C22H29N3O3. The van der Waals surface area contributed by atoms with Crippen LogP contribution in [0.25, 0.3) is 0 Å². The van der Waals surface area contributed by atoms with Gasteiger partial charge in [0, 0.05) is 12.2 Å². The molecule has 2 aromatic carbocycles. The Balaban J connectivity index is 1.86. The van der Waals surface area contributed by atoms with Crippen LogP contribution in [0.15, 0.2) is 42.5 Å². The summed E-state index contributed by atoms with van der Waals surface area (Å²) in [7, 11) is 3.50. The molecule has 2 amide bonds. The second-order valence-electron chi connectivity index (χ2n) is 6.98. The zero-order chi connectivity index (χ0) is 20.7. The SMILES string of the molecule is COc1cccc(CN(C)[C@H](C)C(=O)NCC(=O)Nc2c(C)cccc2C)c1. The van der Waals surface area contributed by atoms with Gasteiger partial charge in [-0.05, 0) is 56.6 Å². The van der Waals surface area contributed by atoms with Crippen molar-refractivity contribution < 1.29 is 14.3 Å². The van der Waals surface area contributed by atoms with Crippen LogP contribution >= 0.6 is 0 Å². The average molecular weight is 383 g/mol. The quantitative estimate of drug-likeness (QED) is 0.735. The molecular weight excluding hydrogens is 354 g/mol. The van der Waals surface area contributed by atoms with Gasteiger partial charge in [-0.15, -0.1) is 0 Å². The topological polar surface area (TPSA) is 70.7 Å². The number of aryl methyl sites for hydroxylation is 2. The van der Waals surface area contributed by atoms with Crippen LogP contribution in [0.3, 0.4) is 0 Å². The summed E-state index contributed by atoms with van der Waals surface area (Å²) in [5.74, 6) is 0.349. The molecule has 0 unspecified atom stereocenters. The Kier molecular flexibility index (Phi) is 7.58. The molecule has 0 radical (unpaired) electrons. The minimum atomic E-state index is -0.376. The lowest BCUT2D eigenvalue weighted by atomic mass is 10.1. The maximum Gasteiger partial charge on any atom is 0.243 e. The van der Waals surface area contributed by atoms with Gasteiger partial charge >= 0.3 is 0 Å². The van der Waals surface area contributed by atoms with Gasteiger partial charge in [0.2, 0.25) is 11.8 Å². The summed E-state index contributed by atoms with van der Waals surface area (Å²) in [6.07, 6.45) is 0. The van der Waals surface area contributed by atoms with Gasteiger partial charge in [-0.25, -0.2) is 0 Å². The maximum atomic E-state index is 12.4. The van der Waals surface area contributed by atoms with Gasteiger partial charge in [-0.1, -0.05) is 30.3 Å². The van der Waals surface area contributed by atoms with E-state index in [9.17, 15) is 9.59 Å². The number of hydrogen-bond acceptors (Lipinski definition) is 4. The number of ether oxygens (including phenoxy) is 1. The van der Waals surface area contributed by atoms with E-state index >= 15 is 0 Å². The summed E-state index contributed by atoms with van der Waals surface area (Å²) >= 11 is 0. The molecule has 28 heavy (non-hydrogen) atoms. The second kappa shape index (κ2) is 9.90. The van der Waals surface area contributed by atoms with Crippen molar-refractivity contribution in [2.75, 3.05) is 26.0 Å². The number of anilines is 1. The first-order valence-corrected chi connectivity index (χ1v) is 9.28. The number of benzene rings is 2. The number of carbonyl (C=O) groups is 2. The minimum absolute atomic E-state index is 0.0655. The lowest BCUT2D eigenvalue weighted by Gasteiger charge is -2.24. The summed E-state index contributed by atoms with van der Waals surface area (Å²) in [4.78, 5) is 26.6. The smallest absolute Gasteiger partial charge is 0.243 e. The molecule has 6 heteroatoms. The molecule has 2 rings (SSSR count). The Morgan fingerprint density at radius 1 is 1.11 bits per heavy atom. The number of carbonyl (C=O) groups excluding carboxylic acids is 2. The van der Waals surface area contributed by atoms with E-state index in [2.05, 4.69) is 10.6 Å². The fourth-order valence-corrected chi connectivity index (χ4v) is 2.91. The highest BCUT2D eigenvalue weighted by atomic mass is 16.5. The molecule has 0 bridgehead atoms.